The fraction of sp³-hybridized carbons (Fsp3) is 0.250. The number of piperazine rings is 1. The topological polar surface area (TPSA) is 45.9 Å². The summed E-state index contributed by atoms with van der Waals surface area (Å²) in [6, 6.07) is 18.8. The Morgan fingerprint density at radius 2 is 1.70 bits per heavy atom. The molecule has 1 saturated heterocycles. The van der Waals surface area contributed by atoms with Gasteiger partial charge in [-0.1, -0.05) is 24.3 Å². The predicted molar refractivity (Wildman–Crippen MR) is 121 cm³/mol. The van der Waals surface area contributed by atoms with Crippen LogP contribution in [0.3, 0.4) is 0 Å². The van der Waals surface area contributed by atoms with E-state index in [1.807, 2.05) is 35.1 Å². The summed E-state index contributed by atoms with van der Waals surface area (Å²) in [5, 5.41) is 4.77. The van der Waals surface area contributed by atoms with Gasteiger partial charge in [-0.3, -0.25) is 0 Å². The Kier molecular flexibility index (Phi) is 4.75. The van der Waals surface area contributed by atoms with Crippen LogP contribution in [0.1, 0.15) is 5.56 Å². The van der Waals surface area contributed by atoms with Gasteiger partial charge in [-0.2, -0.15) is 5.10 Å². The molecule has 0 saturated carbocycles. The summed E-state index contributed by atoms with van der Waals surface area (Å²) in [6.07, 6.45) is 3.74. The van der Waals surface area contributed by atoms with E-state index in [0.29, 0.717) is 0 Å². The zero-order valence-electron chi connectivity index (χ0n) is 17.3. The molecule has 152 valence electrons. The van der Waals surface area contributed by atoms with E-state index >= 15 is 0 Å². The van der Waals surface area contributed by atoms with Crippen molar-refractivity contribution in [3.05, 3.63) is 72.6 Å². The number of aryl methyl sites for hydroxylation is 1. The van der Waals surface area contributed by atoms with Crippen LogP contribution in [0.4, 0.5) is 11.5 Å². The maximum absolute atomic E-state index is 5.36. The highest BCUT2D eigenvalue weighted by molar-refractivity contribution is 5.76. The van der Waals surface area contributed by atoms with Crippen molar-refractivity contribution >= 4 is 17.0 Å². The van der Waals surface area contributed by atoms with Crippen LogP contribution >= 0.6 is 0 Å². The first-order valence-corrected chi connectivity index (χ1v) is 10.3. The summed E-state index contributed by atoms with van der Waals surface area (Å²) >= 11 is 0. The highest BCUT2D eigenvalue weighted by Gasteiger charge is 2.21. The Balaban J connectivity index is 1.40. The molecule has 30 heavy (non-hydrogen) atoms. The fourth-order valence-electron chi connectivity index (χ4n) is 4.08. The third kappa shape index (κ3) is 3.45. The summed E-state index contributed by atoms with van der Waals surface area (Å²) in [7, 11) is 1.68. The SMILES string of the molecule is COc1cccc(-c2cc3c(N4CCN(c5cccc(C)c5)CC4)nccn3n2)c1. The Morgan fingerprint density at radius 1 is 0.900 bits per heavy atom. The van der Waals surface area contributed by atoms with Crippen molar-refractivity contribution in [3.8, 4) is 17.0 Å². The van der Waals surface area contributed by atoms with Crippen LogP contribution in [0.2, 0.25) is 0 Å². The Labute approximate surface area is 176 Å². The zero-order chi connectivity index (χ0) is 20.5. The van der Waals surface area contributed by atoms with Gasteiger partial charge in [0.25, 0.3) is 0 Å². The number of aromatic nitrogens is 3. The third-order valence-electron chi connectivity index (χ3n) is 5.68. The molecular formula is C24H25N5O. The monoisotopic (exact) mass is 399 g/mol. The molecule has 1 aliphatic heterocycles. The van der Waals surface area contributed by atoms with Crippen LogP contribution in [0.15, 0.2) is 67.0 Å². The van der Waals surface area contributed by atoms with Gasteiger partial charge < -0.3 is 14.5 Å². The first-order valence-electron chi connectivity index (χ1n) is 10.3. The van der Waals surface area contributed by atoms with Gasteiger partial charge in [0.15, 0.2) is 5.82 Å². The molecule has 0 unspecified atom stereocenters. The number of hydrogen-bond donors (Lipinski definition) is 0. The van der Waals surface area contributed by atoms with E-state index in [1.165, 1.54) is 11.3 Å². The summed E-state index contributed by atoms with van der Waals surface area (Å²) in [6.45, 7) is 5.95. The Bertz CT molecular complexity index is 1180. The van der Waals surface area contributed by atoms with Crippen molar-refractivity contribution in [2.75, 3.05) is 43.1 Å². The van der Waals surface area contributed by atoms with Gasteiger partial charge in [-0.25, -0.2) is 9.50 Å². The van der Waals surface area contributed by atoms with E-state index in [2.05, 4.69) is 53.1 Å². The first kappa shape index (κ1) is 18.5. The molecule has 2 aromatic heterocycles. The lowest BCUT2D eigenvalue weighted by Gasteiger charge is -2.37. The van der Waals surface area contributed by atoms with Gasteiger partial charge in [-0.15, -0.1) is 0 Å². The smallest absolute Gasteiger partial charge is 0.154 e. The fourth-order valence-corrected chi connectivity index (χ4v) is 4.08. The minimum atomic E-state index is 0.829. The van der Waals surface area contributed by atoms with Crippen LogP contribution in [0.25, 0.3) is 16.8 Å². The molecule has 0 aliphatic carbocycles. The normalized spacial score (nSPS) is 14.3. The lowest BCUT2D eigenvalue weighted by molar-refractivity contribution is 0.415. The number of hydrogen-bond acceptors (Lipinski definition) is 5. The molecule has 4 aromatic rings. The second-order valence-electron chi connectivity index (χ2n) is 7.66. The molecule has 3 heterocycles. The molecule has 2 aromatic carbocycles. The zero-order valence-corrected chi connectivity index (χ0v) is 17.3. The highest BCUT2D eigenvalue weighted by Crippen LogP contribution is 2.28. The van der Waals surface area contributed by atoms with E-state index in [4.69, 9.17) is 14.8 Å². The molecule has 0 atom stereocenters. The van der Waals surface area contributed by atoms with Gasteiger partial charge in [0.05, 0.1) is 12.8 Å². The molecule has 0 spiro atoms. The molecule has 6 heteroatoms. The highest BCUT2D eigenvalue weighted by atomic mass is 16.5. The first-order chi connectivity index (χ1) is 14.7. The summed E-state index contributed by atoms with van der Waals surface area (Å²) in [5.74, 6) is 1.82. The van der Waals surface area contributed by atoms with Crippen LogP contribution in [0, 0.1) is 6.92 Å². The molecule has 0 amide bonds. The Hall–Kier alpha value is -3.54. The quantitative estimate of drug-likeness (QED) is 0.518. The standard InChI is InChI=1S/C24H25N5O/c1-18-5-3-7-20(15-18)27-11-13-28(14-12-27)24-23-17-22(26-29(23)10-9-25-24)19-6-4-8-21(16-19)30-2/h3-10,15-17H,11-14H2,1-2H3. The number of methoxy groups -OCH3 is 1. The van der Waals surface area contributed by atoms with E-state index < -0.39 is 0 Å². The number of anilines is 2. The number of ether oxygens (including phenoxy) is 1. The lowest BCUT2D eigenvalue weighted by Crippen LogP contribution is -2.47. The molecule has 6 nitrogen and oxygen atoms in total. The lowest BCUT2D eigenvalue weighted by atomic mass is 10.1. The van der Waals surface area contributed by atoms with Gasteiger partial charge in [0.2, 0.25) is 0 Å². The van der Waals surface area contributed by atoms with Gasteiger partial charge >= 0.3 is 0 Å². The van der Waals surface area contributed by atoms with E-state index in [0.717, 1.165) is 54.5 Å². The molecular weight excluding hydrogens is 374 g/mol. The van der Waals surface area contributed by atoms with Crippen LogP contribution in [-0.4, -0.2) is 47.9 Å². The number of benzene rings is 2. The average Bonchev–Trinajstić information content (AvgIpc) is 3.24. The second kappa shape index (κ2) is 7.71. The molecule has 1 fully saturated rings. The largest absolute Gasteiger partial charge is 0.497 e. The second-order valence-corrected chi connectivity index (χ2v) is 7.66. The van der Waals surface area contributed by atoms with Gasteiger partial charge in [0.1, 0.15) is 11.3 Å². The average molecular weight is 399 g/mol. The summed E-state index contributed by atoms with van der Waals surface area (Å²) < 4.78 is 7.28. The summed E-state index contributed by atoms with van der Waals surface area (Å²) in [5.41, 5.74) is 5.57. The van der Waals surface area contributed by atoms with E-state index in [1.54, 1.807) is 7.11 Å². The van der Waals surface area contributed by atoms with Crippen molar-refractivity contribution in [2.45, 2.75) is 6.92 Å². The minimum Gasteiger partial charge on any atom is -0.497 e. The van der Waals surface area contributed by atoms with Crippen LogP contribution in [-0.2, 0) is 0 Å². The van der Waals surface area contributed by atoms with Crippen LogP contribution < -0.4 is 14.5 Å². The molecule has 1 aliphatic rings. The number of nitrogens with zero attached hydrogens (tertiary/aromatic N) is 5. The predicted octanol–water partition coefficient (Wildman–Crippen LogP) is 4.04. The maximum atomic E-state index is 5.36. The molecule has 5 rings (SSSR count). The van der Waals surface area contributed by atoms with Crippen molar-refractivity contribution < 1.29 is 4.74 Å². The molecule has 0 bridgehead atoms. The molecule has 0 radical (unpaired) electrons. The van der Waals surface area contributed by atoms with Crippen molar-refractivity contribution in [1.29, 1.82) is 0 Å². The van der Waals surface area contributed by atoms with Gasteiger partial charge in [0, 0.05) is 49.8 Å². The van der Waals surface area contributed by atoms with Crippen molar-refractivity contribution in [3.63, 3.8) is 0 Å². The number of fused-ring (bicyclic) bond motifs is 1. The number of rotatable bonds is 4. The van der Waals surface area contributed by atoms with Crippen LogP contribution in [0.5, 0.6) is 5.75 Å². The molecule has 0 N–H and O–H groups in total. The van der Waals surface area contributed by atoms with Crippen molar-refractivity contribution in [2.24, 2.45) is 0 Å². The Morgan fingerprint density at radius 3 is 2.50 bits per heavy atom. The minimum absolute atomic E-state index is 0.829. The van der Waals surface area contributed by atoms with E-state index in [9.17, 15) is 0 Å². The van der Waals surface area contributed by atoms with Crippen molar-refractivity contribution in [1.82, 2.24) is 14.6 Å². The third-order valence-corrected chi connectivity index (χ3v) is 5.68. The van der Waals surface area contributed by atoms with E-state index in [-0.39, 0.29) is 0 Å². The van der Waals surface area contributed by atoms with Gasteiger partial charge in [-0.05, 0) is 42.8 Å². The maximum Gasteiger partial charge on any atom is 0.154 e. The summed E-state index contributed by atoms with van der Waals surface area (Å²) in [4.78, 5) is 9.51.